The second-order valence-corrected chi connectivity index (χ2v) is 12.5. The summed E-state index contributed by atoms with van der Waals surface area (Å²) in [6.07, 6.45) is 4.03. The number of carboxylic acids is 1. The lowest BCUT2D eigenvalue weighted by atomic mass is 9.89. The van der Waals surface area contributed by atoms with Gasteiger partial charge in [0.1, 0.15) is 36.2 Å². The Hall–Kier alpha value is -5.96. The SMILES string of the molecule is COc1ccc2cc1Oc1cc(F)cc(c1)CNC(=O)C1(CCN(Cc3cnc(N(C)CC(=O)O)nc3)CC1)Oc1ccc(cc1)OCCNC2=O. The number of benzene rings is 3. The average Bonchev–Trinajstić information content (AvgIpc) is 3.13. The van der Waals surface area contributed by atoms with Crippen LogP contribution in [0.2, 0.25) is 0 Å². The molecule has 3 aliphatic heterocycles. The van der Waals surface area contributed by atoms with Gasteiger partial charge in [-0.3, -0.25) is 19.3 Å². The molecule has 1 saturated heterocycles. The smallest absolute Gasteiger partial charge is 0.323 e. The summed E-state index contributed by atoms with van der Waals surface area (Å²) in [5.41, 5.74) is 0.371. The number of amides is 2. The fourth-order valence-electron chi connectivity index (χ4n) is 6.02. The third-order valence-corrected chi connectivity index (χ3v) is 8.72. The number of methoxy groups -OCH3 is 1. The standard InChI is InChI=1S/C37H39FN6O8/c1-43(23-33(45)46)36-41-20-25(21-42-36)22-44-12-9-37(10-13-44)35(48)40-19-24-15-27(38)18-30(16-24)51-32-17-26(3-8-31(32)49-2)34(47)39-11-14-50-28-4-6-29(52-37)7-5-28/h3-8,15-18,20-21H,9-14,19,22-23H2,1-2H3,(H,39,47)(H,40,48)(H,45,46). The molecule has 1 aromatic heterocycles. The van der Waals surface area contributed by atoms with Gasteiger partial charge < -0.3 is 39.6 Å². The molecule has 4 heterocycles. The molecule has 0 aliphatic carbocycles. The highest BCUT2D eigenvalue weighted by atomic mass is 19.1. The van der Waals surface area contributed by atoms with Crippen molar-refractivity contribution in [1.82, 2.24) is 25.5 Å². The molecule has 0 atom stereocenters. The van der Waals surface area contributed by atoms with Crippen LogP contribution in [0.15, 0.2) is 73.1 Å². The molecule has 0 unspecified atom stereocenters. The Morgan fingerprint density at radius 1 is 1.00 bits per heavy atom. The first kappa shape index (κ1) is 35.9. The van der Waals surface area contributed by atoms with E-state index in [1.165, 1.54) is 30.2 Å². The van der Waals surface area contributed by atoms with E-state index in [1.807, 2.05) is 0 Å². The Kier molecular flexibility index (Phi) is 11.0. The van der Waals surface area contributed by atoms with Gasteiger partial charge in [0.05, 0.1) is 13.7 Å². The topological polar surface area (TPSA) is 165 Å². The van der Waals surface area contributed by atoms with Crippen molar-refractivity contribution in [3.05, 3.63) is 95.6 Å². The molecule has 1 spiro atoms. The lowest BCUT2D eigenvalue weighted by Crippen LogP contribution is -2.57. The Bertz CT molecular complexity index is 1900. The Morgan fingerprint density at radius 2 is 1.73 bits per heavy atom. The summed E-state index contributed by atoms with van der Waals surface area (Å²) in [5.74, 6) is -0.196. The predicted octanol–water partition coefficient (Wildman–Crippen LogP) is 3.79. The number of likely N-dealkylation sites (N-methyl/N-ethyl adjacent to an activating group) is 1. The molecular formula is C37H39FN6O8. The highest BCUT2D eigenvalue weighted by Gasteiger charge is 2.44. The van der Waals surface area contributed by atoms with E-state index in [2.05, 4.69) is 25.5 Å². The third-order valence-electron chi connectivity index (χ3n) is 8.72. The number of anilines is 1. The minimum Gasteiger partial charge on any atom is -0.493 e. The van der Waals surface area contributed by atoms with E-state index in [1.54, 1.807) is 61.9 Å². The Balaban J connectivity index is 1.21. The molecule has 3 N–H and O–H groups in total. The Labute approximate surface area is 299 Å². The summed E-state index contributed by atoms with van der Waals surface area (Å²) in [5, 5.41) is 14.8. The van der Waals surface area contributed by atoms with Crippen LogP contribution in [0.5, 0.6) is 28.7 Å². The van der Waals surface area contributed by atoms with Gasteiger partial charge in [-0.05, 0) is 60.2 Å². The van der Waals surface area contributed by atoms with Crippen molar-refractivity contribution in [2.45, 2.75) is 31.5 Å². The minimum atomic E-state index is -1.23. The fraction of sp³-hybridized carbons (Fsp3) is 0.324. The molecule has 6 bridgehead atoms. The summed E-state index contributed by atoms with van der Waals surface area (Å²) in [7, 11) is 3.07. The van der Waals surface area contributed by atoms with Gasteiger partial charge >= 0.3 is 5.97 Å². The van der Waals surface area contributed by atoms with Crippen molar-refractivity contribution in [2.24, 2.45) is 0 Å². The molecule has 15 heteroatoms. The number of nitrogens with one attached hydrogen (secondary N) is 2. The summed E-state index contributed by atoms with van der Waals surface area (Å²) in [6, 6.07) is 15.8. The van der Waals surface area contributed by atoms with Gasteiger partial charge in [0.25, 0.3) is 11.8 Å². The van der Waals surface area contributed by atoms with Gasteiger partial charge in [0, 0.05) is 75.7 Å². The van der Waals surface area contributed by atoms with Crippen LogP contribution in [-0.4, -0.2) is 90.3 Å². The summed E-state index contributed by atoms with van der Waals surface area (Å²) < 4.78 is 38.6. The summed E-state index contributed by atoms with van der Waals surface area (Å²) in [6.45, 7) is 1.75. The van der Waals surface area contributed by atoms with E-state index in [0.29, 0.717) is 66.8 Å². The fourth-order valence-corrected chi connectivity index (χ4v) is 6.02. The van der Waals surface area contributed by atoms with E-state index >= 15 is 0 Å². The number of halogens is 1. The van der Waals surface area contributed by atoms with E-state index in [0.717, 1.165) is 5.56 Å². The molecular weight excluding hydrogens is 675 g/mol. The van der Waals surface area contributed by atoms with Crippen molar-refractivity contribution in [3.63, 3.8) is 0 Å². The maximum absolute atomic E-state index is 14.9. The highest BCUT2D eigenvalue weighted by molar-refractivity contribution is 5.95. The molecule has 7 rings (SSSR count). The van der Waals surface area contributed by atoms with Crippen LogP contribution < -0.4 is 34.5 Å². The van der Waals surface area contributed by atoms with Crippen LogP contribution in [0.3, 0.4) is 0 Å². The number of carbonyl (C=O) groups is 3. The van der Waals surface area contributed by atoms with Gasteiger partial charge in [-0.15, -0.1) is 0 Å². The maximum atomic E-state index is 14.9. The zero-order chi connectivity index (χ0) is 36.7. The zero-order valence-corrected chi connectivity index (χ0v) is 28.8. The molecule has 14 nitrogen and oxygen atoms in total. The number of carboxylic acid groups (broad SMARTS) is 1. The van der Waals surface area contributed by atoms with Gasteiger partial charge in [-0.1, -0.05) is 0 Å². The van der Waals surface area contributed by atoms with Gasteiger partial charge in [-0.2, -0.15) is 0 Å². The van der Waals surface area contributed by atoms with Gasteiger partial charge in [0.2, 0.25) is 5.95 Å². The molecule has 0 saturated carbocycles. The van der Waals surface area contributed by atoms with Crippen molar-refractivity contribution in [1.29, 1.82) is 0 Å². The van der Waals surface area contributed by atoms with Gasteiger partial charge in [-0.25, -0.2) is 14.4 Å². The molecule has 4 aromatic rings. The van der Waals surface area contributed by atoms with Gasteiger partial charge in [0.15, 0.2) is 17.1 Å². The summed E-state index contributed by atoms with van der Waals surface area (Å²) >= 11 is 0. The lowest BCUT2D eigenvalue weighted by molar-refractivity contribution is -0.141. The largest absolute Gasteiger partial charge is 0.493 e. The van der Waals surface area contributed by atoms with Crippen molar-refractivity contribution < 1.29 is 42.8 Å². The van der Waals surface area contributed by atoms with Crippen LogP contribution in [0.1, 0.15) is 34.3 Å². The molecule has 1 fully saturated rings. The summed E-state index contributed by atoms with van der Waals surface area (Å²) in [4.78, 5) is 50.2. The van der Waals surface area contributed by atoms with E-state index in [4.69, 9.17) is 24.1 Å². The maximum Gasteiger partial charge on any atom is 0.323 e. The first-order valence-corrected chi connectivity index (χ1v) is 16.7. The van der Waals surface area contributed by atoms with Crippen LogP contribution in [0.25, 0.3) is 0 Å². The number of hydrogen-bond donors (Lipinski definition) is 3. The Morgan fingerprint density at radius 3 is 2.44 bits per heavy atom. The number of aliphatic carboxylic acids is 1. The van der Waals surface area contributed by atoms with Crippen molar-refractivity contribution >= 4 is 23.7 Å². The number of rotatable bonds is 6. The molecule has 0 radical (unpaired) electrons. The zero-order valence-electron chi connectivity index (χ0n) is 28.8. The lowest BCUT2D eigenvalue weighted by Gasteiger charge is -2.40. The number of aromatic nitrogens is 2. The number of hydrogen-bond acceptors (Lipinski definition) is 11. The number of piperidine rings is 1. The normalized spacial score (nSPS) is 16.3. The quantitative estimate of drug-likeness (QED) is 0.265. The monoisotopic (exact) mass is 714 g/mol. The second kappa shape index (κ2) is 15.9. The number of ether oxygens (including phenoxy) is 4. The predicted molar refractivity (Wildman–Crippen MR) is 186 cm³/mol. The van der Waals surface area contributed by atoms with E-state index < -0.39 is 17.4 Å². The number of carbonyl (C=O) groups excluding carboxylic acids is 2. The second-order valence-electron chi connectivity index (χ2n) is 12.5. The first-order chi connectivity index (χ1) is 25.1. The van der Waals surface area contributed by atoms with Crippen LogP contribution in [-0.2, 0) is 22.7 Å². The minimum absolute atomic E-state index is 0.00581. The molecule has 52 heavy (non-hydrogen) atoms. The van der Waals surface area contributed by atoms with Crippen LogP contribution >= 0.6 is 0 Å². The van der Waals surface area contributed by atoms with Crippen molar-refractivity contribution in [2.75, 3.05) is 51.8 Å². The highest BCUT2D eigenvalue weighted by Crippen LogP contribution is 2.34. The third kappa shape index (κ3) is 8.84. The average molecular weight is 715 g/mol. The first-order valence-electron chi connectivity index (χ1n) is 16.7. The number of fused-ring (bicyclic) bond motifs is 8. The van der Waals surface area contributed by atoms with E-state index in [-0.39, 0.29) is 49.6 Å². The molecule has 2 amide bonds. The number of nitrogens with zero attached hydrogens (tertiary/aromatic N) is 4. The van der Waals surface area contributed by atoms with Crippen LogP contribution in [0, 0.1) is 5.82 Å². The molecule has 3 aliphatic rings. The van der Waals surface area contributed by atoms with Crippen LogP contribution in [0.4, 0.5) is 10.3 Å². The van der Waals surface area contributed by atoms with E-state index in [9.17, 15) is 18.8 Å². The van der Waals surface area contributed by atoms with Crippen molar-refractivity contribution in [3.8, 4) is 28.7 Å². The molecule has 3 aromatic carbocycles. The number of likely N-dealkylation sites (tertiary alicyclic amines) is 1. The molecule has 272 valence electrons.